The van der Waals surface area contributed by atoms with Gasteiger partial charge < -0.3 is 19.9 Å². The fourth-order valence-corrected chi connectivity index (χ4v) is 4.94. The standard InChI is InChI=1S/C25H33N3O4/c1-14(2)12-19-22-16(15-8-6-7-9-17(15)26-22)13-20-23(30)27-18(24(31)28(19)20)10-11-21(29)32-25(3,4)5/h6-9,14,18-20,26H,10-13H2,1-5H3,(H,27,30)/t18?,19?,20-/m0/s1. The van der Waals surface area contributed by atoms with Crippen LogP contribution in [0.4, 0.5) is 0 Å². The number of piperazine rings is 1. The molecule has 1 saturated heterocycles. The number of aromatic nitrogens is 1. The van der Waals surface area contributed by atoms with Crippen LogP contribution in [0.5, 0.6) is 0 Å². The van der Waals surface area contributed by atoms with E-state index < -0.39 is 17.7 Å². The molecular weight excluding hydrogens is 406 g/mol. The highest BCUT2D eigenvalue weighted by molar-refractivity contribution is 5.99. The summed E-state index contributed by atoms with van der Waals surface area (Å²) < 4.78 is 5.37. The number of esters is 1. The van der Waals surface area contributed by atoms with E-state index in [0.717, 1.165) is 28.6 Å². The van der Waals surface area contributed by atoms with Crippen molar-refractivity contribution in [1.29, 1.82) is 0 Å². The number of benzene rings is 1. The minimum atomic E-state index is -0.716. The molecule has 1 aromatic carbocycles. The Morgan fingerprint density at radius 1 is 1.22 bits per heavy atom. The molecule has 1 fully saturated rings. The Kier molecular flexibility index (Phi) is 5.77. The number of nitrogens with zero attached hydrogens (tertiary/aromatic N) is 1. The van der Waals surface area contributed by atoms with E-state index in [9.17, 15) is 14.4 Å². The summed E-state index contributed by atoms with van der Waals surface area (Å²) in [5.41, 5.74) is 2.61. The molecule has 172 valence electrons. The van der Waals surface area contributed by atoms with Crippen LogP contribution < -0.4 is 5.32 Å². The maximum absolute atomic E-state index is 13.6. The van der Waals surface area contributed by atoms with Crippen molar-refractivity contribution >= 4 is 28.7 Å². The number of hydrogen-bond donors (Lipinski definition) is 2. The Morgan fingerprint density at radius 3 is 2.62 bits per heavy atom. The lowest BCUT2D eigenvalue weighted by Gasteiger charge is -2.46. The van der Waals surface area contributed by atoms with E-state index in [1.165, 1.54) is 0 Å². The lowest BCUT2D eigenvalue weighted by atomic mass is 9.85. The molecule has 0 spiro atoms. The van der Waals surface area contributed by atoms with Gasteiger partial charge in [0, 0.05) is 29.4 Å². The van der Waals surface area contributed by atoms with E-state index in [1.807, 2.05) is 39.0 Å². The number of carbonyl (C=O) groups is 3. The molecule has 2 amide bonds. The zero-order valence-electron chi connectivity index (χ0n) is 19.5. The molecule has 7 heteroatoms. The average Bonchev–Trinajstić information content (AvgIpc) is 3.06. The van der Waals surface area contributed by atoms with Crippen molar-refractivity contribution < 1.29 is 19.1 Å². The number of para-hydroxylation sites is 1. The summed E-state index contributed by atoms with van der Waals surface area (Å²) in [6.45, 7) is 9.68. The monoisotopic (exact) mass is 439 g/mol. The van der Waals surface area contributed by atoms with E-state index in [0.29, 0.717) is 12.3 Å². The smallest absolute Gasteiger partial charge is 0.306 e. The van der Waals surface area contributed by atoms with Crippen LogP contribution in [0, 0.1) is 5.92 Å². The number of rotatable bonds is 5. The van der Waals surface area contributed by atoms with Gasteiger partial charge in [0.1, 0.15) is 17.7 Å². The summed E-state index contributed by atoms with van der Waals surface area (Å²) in [5, 5.41) is 3.99. The number of carbonyl (C=O) groups excluding carboxylic acids is 3. The van der Waals surface area contributed by atoms with Gasteiger partial charge in [-0.15, -0.1) is 0 Å². The zero-order valence-corrected chi connectivity index (χ0v) is 19.5. The van der Waals surface area contributed by atoms with E-state index in [-0.39, 0.29) is 36.7 Å². The van der Waals surface area contributed by atoms with E-state index in [4.69, 9.17) is 4.74 Å². The van der Waals surface area contributed by atoms with Crippen molar-refractivity contribution in [2.24, 2.45) is 5.92 Å². The van der Waals surface area contributed by atoms with Crippen molar-refractivity contribution in [3.63, 3.8) is 0 Å². The predicted octanol–water partition coefficient (Wildman–Crippen LogP) is 3.63. The third kappa shape index (κ3) is 4.25. The Bertz CT molecular complexity index is 1050. The lowest BCUT2D eigenvalue weighted by molar-refractivity contribution is -0.157. The van der Waals surface area contributed by atoms with Gasteiger partial charge in [-0.25, -0.2) is 0 Å². The number of H-pyrrole nitrogens is 1. The molecule has 3 atom stereocenters. The van der Waals surface area contributed by atoms with Gasteiger partial charge in [0.25, 0.3) is 0 Å². The molecule has 0 aliphatic carbocycles. The lowest BCUT2D eigenvalue weighted by Crippen LogP contribution is -2.66. The van der Waals surface area contributed by atoms with Crippen LogP contribution in [-0.2, 0) is 25.5 Å². The van der Waals surface area contributed by atoms with Crippen LogP contribution in [0.1, 0.15) is 71.2 Å². The molecule has 2 aliphatic heterocycles. The fraction of sp³-hybridized carbons (Fsp3) is 0.560. The van der Waals surface area contributed by atoms with Crippen LogP contribution >= 0.6 is 0 Å². The van der Waals surface area contributed by atoms with Crippen molar-refractivity contribution in [2.75, 3.05) is 0 Å². The summed E-state index contributed by atoms with van der Waals surface area (Å²) in [7, 11) is 0. The number of nitrogens with one attached hydrogen (secondary N) is 2. The van der Waals surface area contributed by atoms with Crippen LogP contribution in [0.25, 0.3) is 10.9 Å². The molecule has 0 radical (unpaired) electrons. The summed E-state index contributed by atoms with van der Waals surface area (Å²) in [5.74, 6) is -0.287. The first-order valence-electron chi connectivity index (χ1n) is 11.5. The van der Waals surface area contributed by atoms with Gasteiger partial charge in [-0.3, -0.25) is 14.4 Å². The minimum Gasteiger partial charge on any atom is -0.460 e. The molecule has 2 unspecified atom stereocenters. The minimum absolute atomic E-state index is 0.0823. The Labute approximate surface area is 188 Å². The average molecular weight is 440 g/mol. The van der Waals surface area contributed by atoms with Crippen LogP contribution in [0.15, 0.2) is 24.3 Å². The van der Waals surface area contributed by atoms with Gasteiger partial charge >= 0.3 is 5.97 Å². The molecule has 2 aromatic rings. The molecule has 1 aromatic heterocycles. The second kappa shape index (κ2) is 8.26. The molecule has 0 saturated carbocycles. The van der Waals surface area contributed by atoms with E-state index in [2.05, 4.69) is 30.2 Å². The first-order chi connectivity index (χ1) is 15.0. The van der Waals surface area contributed by atoms with Gasteiger partial charge in [-0.2, -0.15) is 0 Å². The SMILES string of the molecule is CC(C)CC1c2[nH]c3ccccc3c2C[C@H]2C(=O)NC(CCC(=O)OC(C)(C)C)C(=O)N12. The van der Waals surface area contributed by atoms with Gasteiger partial charge in [-0.1, -0.05) is 32.0 Å². The van der Waals surface area contributed by atoms with Crippen LogP contribution in [-0.4, -0.2) is 45.4 Å². The number of amides is 2. The summed E-state index contributed by atoms with van der Waals surface area (Å²) >= 11 is 0. The molecular formula is C25H33N3O4. The third-order valence-electron chi connectivity index (χ3n) is 6.17. The largest absolute Gasteiger partial charge is 0.460 e. The van der Waals surface area contributed by atoms with Gasteiger partial charge in [-0.05, 0) is 51.2 Å². The molecule has 0 bridgehead atoms. The highest BCUT2D eigenvalue weighted by atomic mass is 16.6. The molecule has 32 heavy (non-hydrogen) atoms. The van der Waals surface area contributed by atoms with E-state index >= 15 is 0 Å². The second-order valence-corrected chi connectivity index (χ2v) is 10.4. The summed E-state index contributed by atoms with van der Waals surface area (Å²) in [6.07, 6.45) is 1.56. The quantitative estimate of drug-likeness (QED) is 0.696. The Morgan fingerprint density at radius 2 is 1.94 bits per heavy atom. The van der Waals surface area contributed by atoms with Crippen molar-refractivity contribution in [2.45, 2.75) is 84.0 Å². The molecule has 2 aliphatic rings. The first kappa shape index (κ1) is 22.4. The fourth-order valence-electron chi connectivity index (χ4n) is 4.94. The maximum Gasteiger partial charge on any atom is 0.306 e. The van der Waals surface area contributed by atoms with Crippen molar-refractivity contribution in [3.8, 4) is 0 Å². The van der Waals surface area contributed by atoms with Crippen LogP contribution in [0.3, 0.4) is 0 Å². The predicted molar refractivity (Wildman–Crippen MR) is 122 cm³/mol. The molecule has 7 nitrogen and oxygen atoms in total. The number of ether oxygens (including phenoxy) is 1. The van der Waals surface area contributed by atoms with Crippen molar-refractivity contribution in [3.05, 3.63) is 35.5 Å². The first-order valence-corrected chi connectivity index (χ1v) is 11.5. The number of fused-ring (bicyclic) bond motifs is 4. The second-order valence-electron chi connectivity index (χ2n) is 10.4. The van der Waals surface area contributed by atoms with E-state index in [1.54, 1.807) is 4.90 Å². The number of hydrogen-bond acceptors (Lipinski definition) is 4. The zero-order chi connectivity index (χ0) is 23.2. The van der Waals surface area contributed by atoms with Gasteiger partial charge in [0.15, 0.2) is 0 Å². The third-order valence-corrected chi connectivity index (χ3v) is 6.17. The Balaban J connectivity index is 1.63. The Hall–Kier alpha value is -2.83. The highest BCUT2D eigenvalue weighted by Crippen LogP contribution is 2.41. The molecule has 3 heterocycles. The topological polar surface area (TPSA) is 91.5 Å². The molecule has 4 rings (SSSR count). The van der Waals surface area contributed by atoms with Crippen molar-refractivity contribution in [1.82, 2.24) is 15.2 Å². The highest BCUT2D eigenvalue weighted by Gasteiger charge is 2.48. The van der Waals surface area contributed by atoms with Crippen LogP contribution in [0.2, 0.25) is 0 Å². The van der Waals surface area contributed by atoms with Gasteiger partial charge in [0.05, 0.1) is 6.04 Å². The summed E-state index contributed by atoms with van der Waals surface area (Å²) in [4.78, 5) is 44.2. The normalized spacial score (nSPS) is 23.2. The number of aromatic amines is 1. The maximum atomic E-state index is 13.6. The summed E-state index contributed by atoms with van der Waals surface area (Å²) in [6, 6.07) is 6.64. The molecule has 2 N–H and O–H groups in total. The van der Waals surface area contributed by atoms with Gasteiger partial charge in [0.2, 0.25) is 11.8 Å².